The Morgan fingerprint density at radius 1 is 1.11 bits per heavy atom. The number of thiophene rings is 1. The average Bonchev–Trinajstić information content (AvgIpc) is 3.30. The molecule has 1 aliphatic rings. The number of benzene rings is 2. The summed E-state index contributed by atoms with van der Waals surface area (Å²) in [7, 11) is 0. The minimum Gasteiger partial charge on any atom is -0.451 e. The van der Waals surface area contributed by atoms with Crippen molar-refractivity contribution in [3.8, 4) is 11.1 Å². The fourth-order valence-electron chi connectivity index (χ4n) is 3.64. The zero-order chi connectivity index (χ0) is 19.7. The molecular formula is C23H21NO3S. The van der Waals surface area contributed by atoms with Crippen molar-refractivity contribution >= 4 is 28.9 Å². The highest BCUT2D eigenvalue weighted by Crippen LogP contribution is 2.32. The number of carbonyl (C=O) groups excluding carboxylic acids is 2. The molecule has 3 aromatic rings. The summed E-state index contributed by atoms with van der Waals surface area (Å²) < 4.78 is 5.39. The molecule has 0 N–H and O–H groups in total. The van der Waals surface area contributed by atoms with Gasteiger partial charge in [-0.15, -0.1) is 11.3 Å². The van der Waals surface area contributed by atoms with E-state index in [0.717, 1.165) is 34.4 Å². The van der Waals surface area contributed by atoms with Crippen molar-refractivity contribution in [2.24, 2.45) is 0 Å². The minimum absolute atomic E-state index is 0.0634. The molecule has 1 amide bonds. The molecule has 2 aromatic carbocycles. The first-order valence-corrected chi connectivity index (χ1v) is 10.1. The van der Waals surface area contributed by atoms with E-state index in [9.17, 15) is 9.59 Å². The molecule has 0 fully saturated rings. The Balaban J connectivity index is 1.46. The summed E-state index contributed by atoms with van der Waals surface area (Å²) in [6, 6.07) is 17.8. The number of fused-ring (bicyclic) bond motifs is 1. The zero-order valence-corrected chi connectivity index (χ0v) is 16.7. The fraction of sp³-hybridized carbons (Fsp3) is 0.217. The molecule has 0 radical (unpaired) electrons. The van der Waals surface area contributed by atoms with E-state index in [1.165, 1.54) is 11.3 Å². The van der Waals surface area contributed by atoms with E-state index < -0.39 is 5.97 Å². The van der Waals surface area contributed by atoms with E-state index in [1.807, 2.05) is 73.8 Å². The molecule has 142 valence electrons. The normalized spacial score (nSPS) is 15.4. The maximum atomic E-state index is 12.7. The van der Waals surface area contributed by atoms with Crippen LogP contribution in [0.25, 0.3) is 11.1 Å². The van der Waals surface area contributed by atoms with Crippen molar-refractivity contribution in [2.75, 3.05) is 11.5 Å². The molecule has 0 bridgehead atoms. The predicted molar refractivity (Wildman–Crippen MR) is 112 cm³/mol. The number of carbonyl (C=O) groups is 2. The highest BCUT2D eigenvalue weighted by Gasteiger charge is 2.31. The fourth-order valence-corrected chi connectivity index (χ4v) is 4.44. The summed E-state index contributed by atoms with van der Waals surface area (Å²) >= 11 is 1.33. The number of rotatable bonds is 4. The summed E-state index contributed by atoms with van der Waals surface area (Å²) in [5.74, 6) is -0.654. The van der Waals surface area contributed by atoms with Crippen LogP contribution in [0.15, 0.2) is 60.0 Å². The van der Waals surface area contributed by atoms with Gasteiger partial charge in [0.05, 0.1) is 0 Å². The Morgan fingerprint density at radius 2 is 1.86 bits per heavy atom. The number of esters is 1. The van der Waals surface area contributed by atoms with Gasteiger partial charge in [-0.1, -0.05) is 48.0 Å². The van der Waals surface area contributed by atoms with Gasteiger partial charge in [-0.3, -0.25) is 4.79 Å². The number of para-hydroxylation sites is 1. The van der Waals surface area contributed by atoms with E-state index in [4.69, 9.17) is 4.74 Å². The highest BCUT2D eigenvalue weighted by molar-refractivity contribution is 7.12. The van der Waals surface area contributed by atoms with E-state index in [1.54, 1.807) is 4.90 Å². The zero-order valence-electron chi connectivity index (χ0n) is 15.8. The van der Waals surface area contributed by atoms with Crippen LogP contribution >= 0.6 is 11.3 Å². The van der Waals surface area contributed by atoms with Gasteiger partial charge < -0.3 is 9.64 Å². The van der Waals surface area contributed by atoms with Crippen LogP contribution in [0.4, 0.5) is 5.69 Å². The number of hydrogen-bond donors (Lipinski definition) is 0. The molecular weight excluding hydrogens is 370 g/mol. The third-order valence-corrected chi connectivity index (χ3v) is 5.91. The maximum Gasteiger partial charge on any atom is 0.349 e. The lowest BCUT2D eigenvalue weighted by atomic mass is 10.1. The second-order valence-electron chi connectivity index (χ2n) is 7.05. The summed E-state index contributed by atoms with van der Waals surface area (Å²) in [6.07, 6.45) is 0.818. The van der Waals surface area contributed by atoms with Crippen LogP contribution in [0.5, 0.6) is 0 Å². The van der Waals surface area contributed by atoms with Gasteiger partial charge in [0.25, 0.3) is 5.91 Å². The van der Waals surface area contributed by atoms with Gasteiger partial charge in [0.15, 0.2) is 6.61 Å². The van der Waals surface area contributed by atoms with Crippen molar-refractivity contribution in [3.05, 3.63) is 76.0 Å². The molecule has 0 spiro atoms. The standard InChI is InChI=1S/C23H21NO3S/c1-15-7-9-17(10-8-15)19-11-12-28-22(19)23(26)27-14-21(25)24-16(2)13-18-5-3-4-6-20(18)24/h3-12,16H,13-14H2,1-2H3/t16-/m0/s1. The number of aryl methyl sites for hydroxylation is 1. The van der Waals surface area contributed by atoms with E-state index in [2.05, 4.69) is 0 Å². The Hall–Kier alpha value is -2.92. The second kappa shape index (κ2) is 7.60. The number of nitrogens with zero attached hydrogens (tertiary/aromatic N) is 1. The van der Waals surface area contributed by atoms with Crippen LogP contribution in [-0.2, 0) is 16.0 Å². The van der Waals surface area contributed by atoms with Crippen molar-refractivity contribution < 1.29 is 14.3 Å². The Labute approximate surface area is 168 Å². The van der Waals surface area contributed by atoms with Crippen LogP contribution in [0.2, 0.25) is 0 Å². The topological polar surface area (TPSA) is 46.6 Å². The molecule has 1 atom stereocenters. The number of ether oxygens (including phenoxy) is 1. The number of amides is 1. The number of hydrogen-bond acceptors (Lipinski definition) is 4. The van der Waals surface area contributed by atoms with Gasteiger partial charge in [0.1, 0.15) is 4.88 Å². The summed E-state index contributed by atoms with van der Waals surface area (Å²) in [5, 5.41) is 1.87. The molecule has 0 saturated heterocycles. The van der Waals surface area contributed by atoms with Crippen LogP contribution in [0, 0.1) is 6.92 Å². The van der Waals surface area contributed by atoms with Crippen LogP contribution in [0.1, 0.15) is 27.7 Å². The maximum absolute atomic E-state index is 12.7. The minimum atomic E-state index is -0.459. The molecule has 1 aromatic heterocycles. The van der Waals surface area contributed by atoms with Crippen molar-refractivity contribution in [1.82, 2.24) is 0 Å². The first-order chi connectivity index (χ1) is 13.5. The Morgan fingerprint density at radius 3 is 2.64 bits per heavy atom. The highest BCUT2D eigenvalue weighted by atomic mass is 32.1. The Bertz CT molecular complexity index is 1020. The van der Waals surface area contributed by atoms with E-state index >= 15 is 0 Å². The van der Waals surface area contributed by atoms with Gasteiger partial charge in [-0.05, 0) is 48.9 Å². The summed E-state index contributed by atoms with van der Waals surface area (Å²) in [4.78, 5) is 27.6. The van der Waals surface area contributed by atoms with E-state index in [0.29, 0.717) is 4.88 Å². The molecule has 0 unspecified atom stereocenters. The second-order valence-corrected chi connectivity index (χ2v) is 7.97. The molecule has 1 aliphatic heterocycles. The summed E-state index contributed by atoms with van der Waals surface area (Å²) in [6.45, 7) is 3.77. The molecule has 0 saturated carbocycles. The lowest BCUT2D eigenvalue weighted by Gasteiger charge is -2.22. The molecule has 4 rings (SSSR count). The van der Waals surface area contributed by atoms with Crippen LogP contribution < -0.4 is 4.90 Å². The summed E-state index contributed by atoms with van der Waals surface area (Å²) in [5.41, 5.74) is 5.02. The van der Waals surface area contributed by atoms with Crippen molar-refractivity contribution in [2.45, 2.75) is 26.3 Å². The van der Waals surface area contributed by atoms with Crippen molar-refractivity contribution in [1.29, 1.82) is 0 Å². The first kappa shape index (κ1) is 18.4. The van der Waals surface area contributed by atoms with Crippen molar-refractivity contribution in [3.63, 3.8) is 0 Å². The lowest BCUT2D eigenvalue weighted by Crippen LogP contribution is -2.38. The smallest absolute Gasteiger partial charge is 0.349 e. The Kier molecular flexibility index (Phi) is 5.01. The van der Waals surface area contributed by atoms with Gasteiger partial charge in [0, 0.05) is 17.3 Å². The van der Waals surface area contributed by atoms with Gasteiger partial charge in [-0.2, -0.15) is 0 Å². The molecule has 0 aliphatic carbocycles. The third kappa shape index (κ3) is 3.45. The SMILES string of the molecule is Cc1ccc(-c2ccsc2C(=O)OCC(=O)N2c3ccccc3C[C@@H]2C)cc1. The predicted octanol–water partition coefficient (Wildman–Crippen LogP) is 4.86. The average molecular weight is 391 g/mol. The van der Waals surface area contributed by atoms with Gasteiger partial charge in [0.2, 0.25) is 0 Å². The van der Waals surface area contributed by atoms with Gasteiger partial charge in [-0.25, -0.2) is 4.79 Å². The van der Waals surface area contributed by atoms with Crippen LogP contribution in [-0.4, -0.2) is 24.5 Å². The van der Waals surface area contributed by atoms with E-state index in [-0.39, 0.29) is 18.6 Å². The largest absolute Gasteiger partial charge is 0.451 e. The van der Waals surface area contributed by atoms with Crippen LogP contribution in [0.3, 0.4) is 0 Å². The lowest BCUT2D eigenvalue weighted by molar-refractivity contribution is -0.122. The first-order valence-electron chi connectivity index (χ1n) is 9.26. The van der Waals surface area contributed by atoms with Gasteiger partial charge >= 0.3 is 5.97 Å². The molecule has 2 heterocycles. The molecule has 28 heavy (non-hydrogen) atoms. The monoisotopic (exact) mass is 391 g/mol. The molecule has 5 heteroatoms. The third-order valence-electron chi connectivity index (χ3n) is 5.02. The quantitative estimate of drug-likeness (QED) is 0.597. The number of anilines is 1. The molecule has 4 nitrogen and oxygen atoms in total.